The van der Waals surface area contributed by atoms with Gasteiger partial charge in [-0.3, -0.25) is 4.79 Å². The third-order valence-electron chi connectivity index (χ3n) is 5.94. The van der Waals surface area contributed by atoms with Crippen molar-refractivity contribution in [3.05, 3.63) is 79.6 Å². The molecule has 0 fully saturated rings. The van der Waals surface area contributed by atoms with Crippen LogP contribution < -0.4 is 15.4 Å². The van der Waals surface area contributed by atoms with E-state index in [1.165, 1.54) is 23.5 Å². The van der Waals surface area contributed by atoms with Crippen molar-refractivity contribution >= 4 is 57.5 Å². The molecule has 0 spiro atoms. The van der Waals surface area contributed by atoms with Crippen molar-refractivity contribution in [2.75, 3.05) is 18.5 Å². The number of halogens is 2. The van der Waals surface area contributed by atoms with E-state index in [2.05, 4.69) is 10.6 Å². The number of hydrogen-bond acceptors (Lipinski definition) is 7. The fourth-order valence-corrected chi connectivity index (χ4v) is 5.97. The second-order valence-electron chi connectivity index (χ2n) is 8.21. The molecule has 2 N–H and O–H groups in total. The minimum atomic E-state index is -0.598. The lowest BCUT2D eigenvalue weighted by Gasteiger charge is -2.28. The maximum atomic E-state index is 13.0. The van der Waals surface area contributed by atoms with Crippen molar-refractivity contribution in [2.45, 2.75) is 26.1 Å². The van der Waals surface area contributed by atoms with Crippen LogP contribution in [0, 0.1) is 0 Å². The van der Waals surface area contributed by atoms with Crippen molar-refractivity contribution < 1.29 is 23.9 Å². The molecule has 0 bridgehead atoms. The molecule has 2 amide bonds. The summed E-state index contributed by atoms with van der Waals surface area (Å²) in [4.78, 5) is 40.2. The van der Waals surface area contributed by atoms with Crippen LogP contribution in [0.3, 0.4) is 0 Å². The molecule has 0 saturated carbocycles. The van der Waals surface area contributed by atoms with E-state index in [1.807, 2.05) is 0 Å². The molecule has 0 aliphatic carbocycles. The Hall–Kier alpha value is -3.27. The highest BCUT2D eigenvalue weighted by Gasteiger charge is 2.34. The number of rotatable bonds is 4. The molecular formula is C25H21Cl2N3O5S. The summed E-state index contributed by atoms with van der Waals surface area (Å²) in [5.74, 6) is -0.425. The van der Waals surface area contributed by atoms with E-state index >= 15 is 0 Å². The Morgan fingerprint density at radius 1 is 1.14 bits per heavy atom. The van der Waals surface area contributed by atoms with E-state index in [0.29, 0.717) is 42.5 Å². The van der Waals surface area contributed by atoms with Gasteiger partial charge in [-0.15, -0.1) is 11.3 Å². The number of amides is 2. The van der Waals surface area contributed by atoms with E-state index in [4.69, 9.17) is 32.7 Å². The van der Waals surface area contributed by atoms with Crippen molar-refractivity contribution in [2.24, 2.45) is 0 Å². The molecule has 36 heavy (non-hydrogen) atoms. The first-order valence-electron chi connectivity index (χ1n) is 11.2. The molecule has 1 aromatic heterocycles. The Labute approximate surface area is 221 Å². The summed E-state index contributed by atoms with van der Waals surface area (Å²) in [5.41, 5.74) is 2.61. The summed E-state index contributed by atoms with van der Waals surface area (Å²) >= 11 is 13.4. The molecule has 1 atom stereocenters. The number of carbonyl (C=O) groups is 3. The van der Waals surface area contributed by atoms with Gasteiger partial charge < -0.3 is 25.0 Å². The van der Waals surface area contributed by atoms with Gasteiger partial charge in [0.25, 0.3) is 5.91 Å². The zero-order chi connectivity index (χ0) is 25.4. The van der Waals surface area contributed by atoms with Crippen LogP contribution in [-0.2, 0) is 17.7 Å². The predicted molar refractivity (Wildman–Crippen MR) is 137 cm³/mol. The number of hydrogen-bond donors (Lipinski definition) is 2. The topological polar surface area (TPSA) is 97.0 Å². The average molecular weight is 546 g/mol. The molecule has 0 radical (unpaired) electrons. The van der Waals surface area contributed by atoms with Crippen LogP contribution in [0.2, 0.25) is 10.0 Å². The normalized spacial score (nSPS) is 16.4. The quantitative estimate of drug-likeness (QED) is 0.325. The molecule has 2 aromatic carbocycles. The number of thiophene rings is 1. The third kappa shape index (κ3) is 4.74. The molecule has 5 rings (SSSR count). The van der Waals surface area contributed by atoms with Crippen LogP contribution in [0.4, 0.5) is 9.80 Å². The molecule has 2 aliphatic heterocycles. The van der Waals surface area contributed by atoms with Crippen molar-refractivity contribution in [1.82, 2.24) is 10.2 Å². The smallest absolute Gasteiger partial charge is 0.410 e. The minimum Gasteiger partial charge on any atom is -0.450 e. The van der Waals surface area contributed by atoms with Gasteiger partial charge >= 0.3 is 12.1 Å². The Morgan fingerprint density at radius 3 is 2.64 bits per heavy atom. The number of benzene rings is 2. The summed E-state index contributed by atoms with van der Waals surface area (Å²) in [5, 5.41) is 7.78. The summed E-state index contributed by atoms with van der Waals surface area (Å²) in [7, 11) is 0. The van der Waals surface area contributed by atoms with Crippen molar-refractivity contribution in [1.29, 1.82) is 0 Å². The first kappa shape index (κ1) is 24.4. The Bertz CT molecular complexity index is 1360. The molecule has 2 aliphatic rings. The molecule has 3 heterocycles. The van der Waals surface area contributed by atoms with Gasteiger partial charge in [0.1, 0.15) is 16.9 Å². The number of fused-ring (bicyclic) bond motifs is 3. The SMILES string of the molecule is CCOC(=O)N1CCc2c(sc3c2C(=O)NC(c2ccc(OC(=O)c4ccc(Cl)cc4Cl)cc2)N3)C1. The zero-order valence-corrected chi connectivity index (χ0v) is 21.4. The van der Waals surface area contributed by atoms with Gasteiger partial charge in [-0.05, 0) is 54.8 Å². The fourth-order valence-electron chi connectivity index (χ4n) is 4.20. The van der Waals surface area contributed by atoms with Crippen LogP contribution in [0.1, 0.15) is 49.8 Å². The number of anilines is 1. The number of nitrogens with zero attached hydrogens (tertiary/aromatic N) is 1. The molecule has 3 aromatic rings. The van der Waals surface area contributed by atoms with Gasteiger partial charge in [-0.2, -0.15) is 0 Å². The highest BCUT2D eigenvalue weighted by Crippen LogP contribution is 2.41. The molecular weight excluding hydrogens is 525 g/mol. The van der Waals surface area contributed by atoms with Gasteiger partial charge in [0, 0.05) is 16.4 Å². The summed E-state index contributed by atoms with van der Waals surface area (Å²) < 4.78 is 10.5. The average Bonchev–Trinajstić information content (AvgIpc) is 3.22. The number of nitrogens with one attached hydrogen (secondary N) is 2. The van der Waals surface area contributed by atoms with Crippen LogP contribution in [-0.4, -0.2) is 36.0 Å². The lowest BCUT2D eigenvalue weighted by Crippen LogP contribution is -2.39. The molecule has 1 unspecified atom stereocenters. The van der Waals surface area contributed by atoms with Crippen LogP contribution >= 0.6 is 34.5 Å². The van der Waals surface area contributed by atoms with Crippen molar-refractivity contribution in [3.63, 3.8) is 0 Å². The monoisotopic (exact) mass is 545 g/mol. The first-order chi connectivity index (χ1) is 17.3. The largest absolute Gasteiger partial charge is 0.450 e. The van der Waals surface area contributed by atoms with Gasteiger partial charge in [0.2, 0.25) is 0 Å². The van der Waals surface area contributed by atoms with Crippen molar-refractivity contribution in [3.8, 4) is 5.75 Å². The fraction of sp³-hybridized carbons (Fsp3) is 0.240. The van der Waals surface area contributed by atoms with E-state index < -0.39 is 12.1 Å². The molecule has 0 saturated heterocycles. The first-order valence-corrected chi connectivity index (χ1v) is 12.8. The molecule has 186 valence electrons. The summed E-state index contributed by atoms with van der Waals surface area (Å²) in [6.45, 7) is 3.02. The molecule has 11 heteroatoms. The lowest BCUT2D eigenvalue weighted by molar-refractivity contribution is 0.0734. The standard InChI is InChI=1S/C25H21Cl2N3O5S/c1-2-34-25(33)30-10-9-17-19(12-30)36-23-20(17)22(31)28-21(29-23)13-3-6-15(7-4-13)35-24(32)16-8-5-14(26)11-18(16)27/h3-8,11,21,29H,2,9-10,12H2,1H3,(H,28,31). The maximum Gasteiger partial charge on any atom is 0.410 e. The summed E-state index contributed by atoms with van der Waals surface area (Å²) in [6.07, 6.45) is -0.206. The van der Waals surface area contributed by atoms with Crippen LogP contribution in [0.5, 0.6) is 5.75 Å². The van der Waals surface area contributed by atoms with E-state index in [-0.39, 0.29) is 22.6 Å². The maximum absolute atomic E-state index is 13.0. The Kier molecular flexibility index (Phi) is 6.79. The predicted octanol–water partition coefficient (Wildman–Crippen LogP) is 5.64. The second kappa shape index (κ2) is 10.0. The van der Waals surface area contributed by atoms with Gasteiger partial charge in [-0.25, -0.2) is 9.59 Å². The Balaban J connectivity index is 1.29. The van der Waals surface area contributed by atoms with E-state index in [9.17, 15) is 14.4 Å². The third-order valence-corrected chi connectivity index (χ3v) is 7.63. The Morgan fingerprint density at radius 2 is 1.92 bits per heavy atom. The number of esters is 1. The number of ether oxygens (including phenoxy) is 2. The second-order valence-corrected chi connectivity index (χ2v) is 10.2. The lowest BCUT2D eigenvalue weighted by atomic mass is 10.0. The highest BCUT2D eigenvalue weighted by atomic mass is 35.5. The highest BCUT2D eigenvalue weighted by molar-refractivity contribution is 7.16. The minimum absolute atomic E-state index is 0.163. The van der Waals surface area contributed by atoms with E-state index in [1.54, 1.807) is 42.2 Å². The molecule has 8 nitrogen and oxygen atoms in total. The summed E-state index contributed by atoms with van der Waals surface area (Å²) in [6, 6.07) is 11.4. The van der Waals surface area contributed by atoms with Crippen LogP contribution in [0.25, 0.3) is 0 Å². The van der Waals surface area contributed by atoms with Gasteiger partial charge in [0.05, 0.1) is 29.3 Å². The van der Waals surface area contributed by atoms with Crippen LogP contribution in [0.15, 0.2) is 42.5 Å². The zero-order valence-electron chi connectivity index (χ0n) is 19.1. The van der Waals surface area contributed by atoms with Gasteiger partial charge in [0.15, 0.2) is 0 Å². The number of carbonyl (C=O) groups excluding carboxylic acids is 3. The van der Waals surface area contributed by atoms with Gasteiger partial charge in [-0.1, -0.05) is 35.3 Å². The van der Waals surface area contributed by atoms with E-state index in [0.717, 1.165) is 21.0 Å².